The number of pyridine rings is 1. The quantitative estimate of drug-likeness (QED) is 0.894. The normalized spacial score (nSPS) is 12.6. The predicted molar refractivity (Wildman–Crippen MR) is 67.8 cm³/mol. The van der Waals surface area contributed by atoms with Crippen LogP contribution in [-0.2, 0) is 4.74 Å². The summed E-state index contributed by atoms with van der Waals surface area (Å²) < 4.78 is 5.87. The van der Waals surface area contributed by atoms with E-state index in [2.05, 4.69) is 20.9 Å². The molecule has 90 valence electrons. The van der Waals surface area contributed by atoms with E-state index in [0.717, 1.165) is 15.9 Å². The second kappa shape index (κ2) is 6.18. The number of hydrogen-bond acceptors (Lipinski definition) is 4. The van der Waals surface area contributed by atoms with Crippen LogP contribution < -0.4 is 4.90 Å². The van der Waals surface area contributed by atoms with Gasteiger partial charge < -0.3 is 14.7 Å². The molecule has 4 nitrogen and oxygen atoms in total. The van der Waals surface area contributed by atoms with Gasteiger partial charge in [-0.15, -0.1) is 0 Å². The van der Waals surface area contributed by atoms with Crippen molar-refractivity contribution in [3.63, 3.8) is 0 Å². The summed E-state index contributed by atoms with van der Waals surface area (Å²) in [5, 5.41) is 9.60. The summed E-state index contributed by atoms with van der Waals surface area (Å²) in [4.78, 5) is 6.19. The topological polar surface area (TPSA) is 45.6 Å². The smallest absolute Gasteiger partial charge is 0.128 e. The number of ether oxygens (including phenoxy) is 1. The first kappa shape index (κ1) is 13.4. The van der Waals surface area contributed by atoms with Crippen LogP contribution in [0.5, 0.6) is 0 Å². The summed E-state index contributed by atoms with van der Waals surface area (Å²) in [5.41, 5.74) is 1.12. The maximum Gasteiger partial charge on any atom is 0.128 e. The zero-order valence-electron chi connectivity index (χ0n) is 9.77. The fourth-order valence-corrected chi connectivity index (χ4v) is 1.60. The minimum Gasteiger partial charge on any atom is -0.389 e. The Labute approximate surface area is 104 Å². The van der Waals surface area contributed by atoms with E-state index < -0.39 is 6.10 Å². The van der Waals surface area contributed by atoms with Gasteiger partial charge in [0.1, 0.15) is 5.82 Å². The standard InChI is InChI=1S/C11H17BrN2O2/c1-8-4-11(13-5-10(8)12)14(2)6-9(15)7-16-3/h4-5,9,15H,6-7H2,1-3H3. The van der Waals surface area contributed by atoms with Gasteiger partial charge in [-0.2, -0.15) is 0 Å². The van der Waals surface area contributed by atoms with Crippen molar-refractivity contribution in [2.24, 2.45) is 0 Å². The van der Waals surface area contributed by atoms with Gasteiger partial charge in [0.05, 0.1) is 12.7 Å². The number of methoxy groups -OCH3 is 1. The molecule has 1 unspecified atom stereocenters. The van der Waals surface area contributed by atoms with Crippen molar-refractivity contribution in [2.75, 3.05) is 32.2 Å². The van der Waals surface area contributed by atoms with E-state index >= 15 is 0 Å². The summed E-state index contributed by atoms with van der Waals surface area (Å²) in [7, 11) is 3.47. The van der Waals surface area contributed by atoms with Crippen molar-refractivity contribution in [2.45, 2.75) is 13.0 Å². The van der Waals surface area contributed by atoms with Crippen molar-refractivity contribution < 1.29 is 9.84 Å². The highest BCUT2D eigenvalue weighted by atomic mass is 79.9. The summed E-state index contributed by atoms with van der Waals surface area (Å²) in [6, 6.07) is 1.98. The third-order valence-corrected chi connectivity index (χ3v) is 3.10. The average Bonchev–Trinajstić information content (AvgIpc) is 2.22. The van der Waals surface area contributed by atoms with Crippen molar-refractivity contribution >= 4 is 21.7 Å². The lowest BCUT2D eigenvalue weighted by atomic mass is 10.3. The summed E-state index contributed by atoms with van der Waals surface area (Å²) >= 11 is 3.40. The lowest BCUT2D eigenvalue weighted by molar-refractivity contribution is 0.0694. The zero-order valence-corrected chi connectivity index (χ0v) is 11.4. The molecule has 0 aliphatic carbocycles. The molecule has 1 heterocycles. The van der Waals surface area contributed by atoms with Crippen LogP contribution in [0.1, 0.15) is 5.56 Å². The van der Waals surface area contributed by atoms with Crippen LogP contribution in [0.4, 0.5) is 5.82 Å². The van der Waals surface area contributed by atoms with Crippen LogP contribution in [0.3, 0.4) is 0 Å². The first-order valence-electron chi connectivity index (χ1n) is 5.05. The molecule has 0 amide bonds. The van der Waals surface area contributed by atoms with Gasteiger partial charge in [-0.25, -0.2) is 4.98 Å². The largest absolute Gasteiger partial charge is 0.389 e. The molecule has 0 saturated heterocycles. The monoisotopic (exact) mass is 288 g/mol. The number of nitrogens with zero attached hydrogens (tertiary/aromatic N) is 2. The Kier molecular flexibility index (Phi) is 5.18. The lowest BCUT2D eigenvalue weighted by Crippen LogP contribution is -2.32. The molecule has 0 aliphatic rings. The fourth-order valence-electron chi connectivity index (χ4n) is 1.39. The van der Waals surface area contributed by atoms with Gasteiger partial charge >= 0.3 is 0 Å². The molecule has 1 aromatic rings. The van der Waals surface area contributed by atoms with E-state index in [0.29, 0.717) is 13.2 Å². The Hall–Kier alpha value is -0.650. The molecule has 1 atom stereocenters. The third kappa shape index (κ3) is 3.73. The first-order valence-corrected chi connectivity index (χ1v) is 5.84. The number of aryl methyl sites for hydroxylation is 1. The second-order valence-corrected chi connectivity index (χ2v) is 4.64. The number of rotatable bonds is 5. The zero-order chi connectivity index (χ0) is 12.1. The molecular weight excluding hydrogens is 272 g/mol. The molecule has 1 N–H and O–H groups in total. The summed E-state index contributed by atoms with van der Waals surface area (Å²) in [6.45, 7) is 2.84. The molecule has 1 rings (SSSR count). The van der Waals surface area contributed by atoms with Gasteiger partial charge in [0.2, 0.25) is 0 Å². The third-order valence-electron chi connectivity index (χ3n) is 2.27. The van der Waals surface area contributed by atoms with Crippen LogP contribution in [0, 0.1) is 6.92 Å². The van der Waals surface area contributed by atoms with Crippen LogP contribution in [0.2, 0.25) is 0 Å². The molecular formula is C11H17BrN2O2. The Morgan fingerprint density at radius 3 is 2.88 bits per heavy atom. The number of anilines is 1. The van der Waals surface area contributed by atoms with E-state index in [-0.39, 0.29) is 0 Å². The van der Waals surface area contributed by atoms with E-state index in [1.54, 1.807) is 13.3 Å². The molecule has 5 heteroatoms. The van der Waals surface area contributed by atoms with Gasteiger partial charge in [0.15, 0.2) is 0 Å². The Bertz CT molecular complexity index is 347. The number of aromatic nitrogens is 1. The van der Waals surface area contributed by atoms with Gasteiger partial charge in [-0.1, -0.05) is 0 Å². The first-order chi connectivity index (χ1) is 7.54. The highest BCUT2D eigenvalue weighted by molar-refractivity contribution is 9.10. The molecule has 1 aromatic heterocycles. The van der Waals surface area contributed by atoms with Gasteiger partial charge in [0, 0.05) is 31.4 Å². The second-order valence-electron chi connectivity index (χ2n) is 3.78. The molecule has 16 heavy (non-hydrogen) atoms. The molecule has 0 fully saturated rings. The molecule has 0 aromatic carbocycles. The number of likely N-dealkylation sites (N-methyl/N-ethyl adjacent to an activating group) is 1. The Morgan fingerprint density at radius 1 is 1.62 bits per heavy atom. The SMILES string of the molecule is COCC(O)CN(C)c1cc(C)c(Br)cn1. The van der Waals surface area contributed by atoms with Crippen LogP contribution in [0.25, 0.3) is 0 Å². The summed E-state index contributed by atoms with van der Waals surface area (Å²) in [5.74, 6) is 0.843. The van der Waals surface area contributed by atoms with E-state index in [4.69, 9.17) is 4.74 Å². The maximum absolute atomic E-state index is 9.60. The molecule has 0 spiro atoms. The van der Waals surface area contributed by atoms with Crippen LogP contribution in [0.15, 0.2) is 16.7 Å². The maximum atomic E-state index is 9.60. The van der Waals surface area contributed by atoms with Gasteiger partial charge in [-0.05, 0) is 34.5 Å². The van der Waals surface area contributed by atoms with Crippen molar-refractivity contribution in [1.82, 2.24) is 4.98 Å². The van der Waals surface area contributed by atoms with E-state index in [1.807, 2.05) is 24.9 Å². The van der Waals surface area contributed by atoms with Crippen molar-refractivity contribution in [1.29, 1.82) is 0 Å². The molecule has 0 radical (unpaired) electrons. The number of aliphatic hydroxyl groups is 1. The predicted octanol–water partition coefficient (Wildman–Crippen LogP) is 1.60. The Morgan fingerprint density at radius 2 is 2.31 bits per heavy atom. The minimum absolute atomic E-state index is 0.333. The average molecular weight is 289 g/mol. The molecule has 0 aliphatic heterocycles. The number of aliphatic hydroxyl groups excluding tert-OH is 1. The van der Waals surface area contributed by atoms with E-state index in [9.17, 15) is 5.11 Å². The summed E-state index contributed by atoms with van der Waals surface area (Å²) in [6.07, 6.45) is 1.27. The number of hydrogen-bond donors (Lipinski definition) is 1. The highest BCUT2D eigenvalue weighted by Crippen LogP contribution is 2.19. The van der Waals surface area contributed by atoms with Crippen molar-refractivity contribution in [3.05, 3.63) is 22.3 Å². The van der Waals surface area contributed by atoms with Crippen molar-refractivity contribution in [3.8, 4) is 0 Å². The minimum atomic E-state index is -0.499. The number of halogens is 1. The lowest BCUT2D eigenvalue weighted by Gasteiger charge is -2.21. The van der Waals surface area contributed by atoms with Crippen LogP contribution >= 0.6 is 15.9 Å². The van der Waals surface area contributed by atoms with Gasteiger partial charge in [-0.3, -0.25) is 0 Å². The highest BCUT2D eigenvalue weighted by Gasteiger charge is 2.10. The molecule has 0 bridgehead atoms. The van der Waals surface area contributed by atoms with Crippen LogP contribution in [-0.4, -0.2) is 43.5 Å². The van der Waals surface area contributed by atoms with E-state index in [1.165, 1.54) is 0 Å². The molecule has 0 saturated carbocycles. The van der Waals surface area contributed by atoms with Gasteiger partial charge in [0.25, 0.3) is 0 Å². The Balaban J connectivity index is 2.65. The fraction of sp³-hybridized carbons (Fsp3) is 0.545.